The van der Waals surface area contributed by atoms with Crippen molar-refractivity contribution in [3.63, 3.8) is 0 Å². The van der Waals surface area contributed by atoms with E-state index in [1.165, 1.54) is 13.0 Å². The SMILES string of the molecule is C=C1C(=O)O[C@@H]2/C=C(/C)[C@@H](OC(C)=O)C/C=C(\C)C[C@@H](OC(=O)/C(=C\CO)CO)[C@@H]12. The van der Waals surface area contributed by atoms with Gasteiger partial charge in [0, 0.05) is 25.3 Å². The summed E-state index contributed by atoms with van der Waals surface area (Å²) in [6.07, 6.45) is 3.45. The summed E-state index contributed by atoms with van der Waals surface area (Å²) in [5.41, 5.74) is 1.67. The molecule has 2 N–H and O–H groups in total. The van der Waals surface area contributed by atoms with E-state index in [-0.39, 0.29) is 11.1 Å². The Kier molecular flexibility index (Phi) is 8.14. The molecule has 1 heterocycles. The van der Waals surface area contributed by atoms with Gasteiger partial charge in [0.25, 0.3) is 0 Å². The van der Waals surface area contributed by atoms with Crippen LogP contribution in [0, 0.1) is 5.92 Å². The van der Waals surface area contributed by atoms with Crippen LogP contribution in [-0.4, -0.2) is 59.6 Å². The van der Waals surface area contributed by atoms with E-state index in [4.69, 9.17) is 19.3 Å². The first kappa shape index (κ1) is 23.6. The molecule has 2 rings (SSSR count). The highest BCUT2D eigenvalue weighted by atomic mass is 16.6. The van der Waals surface area contributed by atoms with Crippen LogP contribution in [0.5, 0.6) is 0 Å². The molecule has 2 aliphatic rings. The van der Waals surface area contributed by atoms with Gasteiger partial charge < -0.3 is 24.4 Å². The molecule has 1 fully saturated rings. The van der Waals surface area contributed by atoms with Crippen LogP contribution in [0.1, 0.15) is 33.6 Å². The fourth-order valence-corrected chi connectivity index (χ4v) is 3.56. The largest absolute Gasteiger partial charge is 0.458 e. The summed E-state index contributed by atoms with van der Waals surface area (Å²) in [6, 6.07) is 0. The minimum Gasteiger partial charge on any atom is -0.458 e. The molecule has 1 aliphatic heterocycles. The number of hydrogen-bond acceptors (Lipinski definition) is 8. The van der Waals surface area contributed by atoms with Gasteiger partial charge in [-0.2, -0.15) is 0 Å². The van der Waals surface area contributed by atoms with Crippen molar-refractivity contribution in [2.45, 2.75) is 51.9 Å². The number of carbonyl (C=O) groups excluding carboxylic acids is 3. The van der Waals surface area contributed by atoms with Crippen LogP contribution in [0.2, 0.25) is 0 Å². The molecule has 0 unspecified atom stereocenters. The van der Waals surface area contributed by atoms with Gasteiger partial charge in [0.2, 0.25) is 0 Å². The average Bonchev–Trinajstić information content (AvgIpc) is 2.94. The second kappa shape index (κ2) is 10.4. The second-order valence-corrected chi connectivity index (χ2v) is 7.43. The number of ether oxygens (including phenoxy) is 3. The van der Waals surface area contributed by atoms with Crippen LogP contribution >= 0.6 is 0 Å². The molecule has 164 valence electrons. The first-order valence-corrected chi connectivity index (χ1v) is 9.70. The van der Waals surface area contributed by atoms with Gasteiger partial charge in [-0.1, -0.05) is 18.2 Å². The van der Waals surface area contributed by atoms with Crippen molar-refractivity contribution in [2.24, 2.45) is 5.92 Å². The van der Waals surface area contributed by atoms with Gasteiger partial charge in [0.05, 0.1) is 24.7 Å². The zero-order valence-corrected chi connectivity index (χ0v) is 17.4. The average molecular weight is 420 g/mol. The van der Waals surface area contributed by atoms with Crippen LogP contribution in [0.4, 0.5) is 0 Å². The summed E-state index contributed by atoms with van der Waals surface area (Å²) in [5, 5.41) is 18.4. The summed E-state index contributed by atoms with van der Waals surface area (Å²) < 4.78 is 16.5. The Morgan fingerprint density at radius 3 is 2.60 bits per heavy atom. The molecular weight excluding hydrogens is 392 g/mol. The van der Waals surface area contributed by atoms with Crippen molar-refractivity contribution in [3.8, 4) is 0 Å². The minimum absolute atomic E-state index is 0.0784. The van der Waals surface area contributed by atoms with Gasteiger partial charge in [-0.15, -0.1) is 0 Å². The zero-order valence-electron chi connectivity index (χ0n) is 17.4. The molecule has 8 heteroatoms. The van der Waals surface area contributed by atoms with E-state index >= 15 is 0 Å². The zero-order chi connectivity index (χ0) is 22.4. The molecule has 8 nitrogen and oxygen atoms in total. The Morgan fingerprint density at radius 1 is 1.30 bits per heavy atom. The summed E-state index contributed by atoms with van der Waals surface area (Å²) in [4.78, 5) is 36.2. The topological polar surface area (TPSA) is 119 Å². The van der Waals surface area contributed by atoms with E-state index < -0.39 is 55.4 Å². The second-order valence-electron chi connectivity index (χ2n) is 7.43. The number of aliphatic hydroxyl groups is 2. The summed E-state index contributed by atoms with van der Waals surface area (Å²) in [6.45, 7) is 7.76. The smallest absolute Gasteiger partial charge is 0.336 e. The first-order chi connectivity index (χ1) is 14.2. The van der Waals surface area contributed by atoms with Gasteiger partial charge in [-0.05, 0) is 31.6 Å². The van der Waals surface area contributed by atoms with Crippen molar-refractivity contribution in [1.82, 2.24) is 0 Å². The first-order valence-electron chi connectivity index (χ1n) is 9.70. The molecule has 0 spiro atoms. The van der Waals surface area contributed by atoms with E-state index in [0.717, 1.165) is 5.57 Å². The molecule has 1 saturated heterocycles. The van der Waals surface area contributed by atoms with Gasteiger partial charge in [0.15, 0.2) is 0 Å². The summed E-state index contributed by atoms with van der Waals surface area (Å²) >= 11 is 0. The predicted molar refractivity (Wildman–Crippen MR) is 107 cm³/mol. The monoisotopic (exact) mass is 420 g/mol. The highest BCUT2D eigenvalue weighted by Gasteiger charge is 2.45. The Morgan fingerprint density at radius 2 is 2.00 bits per heavy atom. The highest BCUT2D eigenvalue weighted by Crippen LogP contribution is 2.36. The molecule has 0 radical (unpaired) electrons. The maximum absolute atomic E-state index is 12.5. The van der Waals surface area contributed by atoms with Crippen molar-refractivity contribution < 1.29 is 38.8 Å². The van der Waals surface area contributed by atoms with Gasteiger partial charge >= 0.3 is 17.9 Å². The fraction of sp³-hybridized carbons (Fsp3) is 0.500. The Hall–Kier alpha value is -2.71. The van der Waals surface area contributed by atoms with Gasteiger partial charge in [-0.25, -0.2) is 9.59 Å². The van der Waals surface area contributed by atoms with Crippen LogP contribution in [0.15, 0.2) is 47.1 Å². The maximum Gasteiger partial charge on any atom is 0.336 e. The van der Waals surface area contributed by atoms with Crippen LogP contribution in [0.25, 0.3) is 0 Å². The molecular formula is C22H28O8. The summed E-state index contributed by atoms with van der Waals surface area (Å²) in [7, 11) is 0. The van der Waals surface area contributed by atoms with E-state index in [2.05, 4.69) is 6.58 Å². The molecule has 0 saturated carbocycles. The third kappa shape index (κ3) is 5.67. The molecule has 0 amide bonds. The molecule has 4 atom stereocenters. The van der Waals surface area contributed by atoms with Crippen molar-refractivity contribution >= 4 is 17.9 Å². The third-order valence-corrected chi connectivity index (χ3v) is 5.14. The lowest BCUT2D eigenvalue weighted by atomic mass is 9.85. The lowest BCUT2D eigenvalue weighted by Crippen LogP contribution is -2.34. The Labute approximate surface area is 175 Å². The van der Waals surface area contributed by atoms with E-state index in [0.29, 0.717) is 18.4 Å². The fourth-order valence-electron chi connectivity index (χ4n) is 3.56. The third-order valence-electron chi connectivity index (χ3n) is 5.14. The van der Waals surface area contributed by atoms with E-state index in [1.54, 1.807) is 13.0 Å². The molecule has 0 aromatic rings. The maximum atomic E-state index is 12.5. The molecule has 0 aromatic heterocycles. The summed E-state index contributed by atoms with van der Waals surface area (Å²) in [5.74, 6) is -2.44. The number of aliphatic hydroxyl groups excluding tert-OH is 2. The number of carbonyl (C=O) groups is 3. The Balaban J connectivity index is 2.42. The van der Waals surface area contributed by atoms with Crippen molar-refractivity contribution in [1.29, 1.82) is 0 Å². The normalized spacial score (nSPS) is 30.9. The standard InChI is InChI=1S/C22H28O8/c1-12-5-6-17(28-15(4)25)13(2)10-19-20(14(3)21(26)29-19)18(9-12)30-22(27)16(11-24)7-8-23/h5,7,10,17-20,23-24H,3,6,8-9,11H2,1-2,4H3/b12-5+,13-10-,16-7-/t17-,18+,19+,20+/m0/s1. The highest BCUT2D eigenvalue weighted by molar-refractivity contribution is 5.92. The van der Waals surface area contributed by atoms with Crippen LogP contribution in [0.3, 0.4) is 0 Å². The molecule has 0 bridgehead atoms. The lowest BCUT2D eigenvalue weighted by molar-refractivity contribution is -0.148. The quantitative estimate of drug-likeness (QED) is 0.297. The molecule has 0 aromatic carbocycles. The minimum atomic E-state index is -0.786. The predicted octanol–water partition coefficient (Wildman–Crippen LogP) is 1.53. The van der Waals surface area contributed by atoms with Crippen LogP contribution in [-0.2, 0) is 28.6 Å². The van der Waals surface area contributed by atoms with E-state index in [1.807, 2.05) is 13.0 Å². The Bertz CT molecular complexity index is 804. The van der Waals surface area contributed by atoms with Crippen LogP contribution < -0.4 is 0 Å². The van der Waals surface area contributed by atoms with E-state index in [9.17, 15) is 19.5 Å². The van der Waals surface area contributed by atoms with Gasteiger partial charge in [-0.3, -0.25) is 4.79 Å². The number of rotatable bonds is 5. The van der Waals surface area contributed by atoms with Crippen molar-refractivity contribution in [2.75, 3.05) is 13.2 Å². The number of esters is 3. The lowest BCUT2D eigenvalue weighted by Gasteiger charge is -2.28. The van der Waals surface area contributed by atoms with Gasteiger partial charge in [0.1, 0.15) is 18.3 Å². The number of fused-ring (bicyclic) bond motifs is 1. The molecule has 1 aliphatic carbocycles. The molecule has 30 heavy (non-hydrogen) atoms. The number of hydrogen-bond donors (Lipinski definition) is 2. The van der Waals surface area contributed by atoms with Crippen molar-refractivity contribution in [3.05, 3.63) is 47.1 Å².